The Morgan fingerprint density at radius 2 is 0.804 bits per heavy atom. The quantitative estimate of drug-likeness (QED) is 0.171. The number of furan rings is 1. The number of fused-ring (bicyclic) bond motifs is 6. The van der Waals surface area contributed by atoms with Crippen molar-refractivity contribution in [2.45, 2.75) is 0 Å². The highest BCUT2D eigenvalue weighted by Crippen LogP contribution is 2.44. The van der Waals surface area contributed by atoms with Crippen molar-refractivity contribution in [3.63, 3.8) is 0 Å². The van der Waals surface area contributed by atoms with Crippen LogP contribution in [0.3, 0.4) is 0 Å². The molecule has 0 N–H and O–H groups in total. The fourth-order valence-corrected chi connectivity index (χ4v) is 8.97. The summed E-state index contributed by atoms with van der Waals surface area (Å²) in [6.45, 7) is 0. The van der Waals surface area contributed by atoms with Gasteiger partial charge in [0.25, 0.3) is 0 Å². The molecule has 11 rings (SSSR count). The molecule has 0 unspecified atom stereocenters. The fourth-order valence-electron chi connectivity index (χ4n) is 7.79. The zero-order valence-electron chi connectivity index (χ0n) is 30.1. The van der Waals surface area contributed by atoms with Crippen LogP contribution in [0.15, 0.2) is 192 Å². The van der Waals surface area contributed by atoms with E-state index in [2.05, 4.69) is 146 Å². The van der Waals surface area contributed by atoms with Crippen molar-refractivity contribution in [2.75, 3.05) is 0 Å². The third kappa shape index (κ3) is 5.56. The summed E-state index contributed by atoms with van der Waals surface area (Å²) in [6.07, 6.45) is 0. The molecule has 0 aliphatic heterocycles. The summed E-state index contributed by atoms with van der Waals surface area (Å²) < 4.78 is 9.02. The van der Waals surface area contributed by atoms with E-state index in [4.69, 9.17) is 19.4 Å². The molecule has 4 nitrogen and oxygen atoms in total. The molecule has 0 amide bonds. The van der Waals surface area contributed by atoms with Crippen LogP contribution in [0.5, 0.6) is 0 Å². The van der Waals surface area contributed by atoms with E-state index in [0.29, 0.717) is 17.5 Å². The molecule has 0 aliphatic rings. The Morgan fingerprint density at radius 3 is 1.48 bits per heavy atom. The van der Waals surface area contributed by atoms with Crippen LogP contribution in [0.25, 0.3) is 110 Å². The van der Waals surface area contributed by atoms with E-state index >= 15 is 0 Å². The number of thiophene rings is 1. The minimum absolute atomic E-state index is 0.643. The van der Waals surface area contributed by atoms with E-state index in [0.717, 1.165) is 55.3 Å². The van der Waals surface area contributed by atoms with Crippen molar-refractivity contribution in [3.05, 3.63) is 188 Å². The van der Waals surface area contributed by atoms with Crippen LogP contribution < -0.4 is 0 Å². The normalized spacial score (nSPS) is 11.6. The monoisotopic (exact) mass is 733 g/mol. The standard InChI is InChI=1S/C51H31N3OS/c1-4-12-32(13-5-1)33-20-22-36(23-21-33)50-52-49(35-16-8-3-9-17-35)53-51(54-50)38-25-27-42-41-26-24-37(30-45(41)56-46(42)31-38)40-29-28-39(34-14-6-2-7-15-34)47-43-18-10-11-19-44(43)55-48(40)47/h1-31H. The molecule has 3 aromatic heterocycles. The van der Waals surface area contributed by atoms with Crippen LogP contribution in [0.2, 0.25) is 0 Å². The van der Waals surface area contributed by atoms with Crippen molar-refractivity contribution in [2.24, 2.45) is 0 Å². The van der Waals surface area contributed by atoms with Crippen molar-refractivity contribution >= 4 is 53.4 Å². The second-order valence-corrected chi connectivity index (χ2v) is 15.1. The van der Waals surface area contributed by atoms with Crippen LogP contribution in [0, 0.1) is 0 Å². The van der Waals surface area contributed by atoms with E-state index in [9.17, 15) is 0 Å². The van der Waals surface area contributed by atoms with Crippen molar-refractivity contribution < 1.29 is 4.42 Å². The van der Waals surface area contributed by atoms with Gasteiger partial charge in [-0.25, -0.2) is 15.0 Å². The fraction of sp³-hybridized carbons (Fsp3) is 0. The lowest BCUT2D eigenvalue weighted by atomic mass is 9.94. The van der Waals surface area contributed by atoms with Gasteiger partial charge in [0.15, 0.2) is 17.5 Å². The number of benzene rings is 8. The van der Waals surface area contributed by atoms with E-state index in [1.807, 2.05) is 42.5 Å². The van der Waals surface area contributed by atoms with Gasteiger partial charge in [-0.2, -0.15) is 0 Å². The summed E-state index contributed by atoms with van der Waals surface area (Å²) in [4.78, 5) is 15.1. The molecule has 262 valence electrons. The Hall–Kier alpha value is -7.21. The van der Waals surface area contributed by atoms with Gasteiger partial charge in [0, 0.05) is 53.2 Å². The third-order valence-electron chi connectivity index (χ3n) is 10.6. The molecule has 0 fully saturated rings. The van der Waals surface area contributed by atoms with Crippen LogP contribution in [-0.2, 0) is 0 Å². The highest BCUT2D eigenvalue weighted by molar-refractivity contribution is 7.25. The summed E-state index contributed by atoms with van der Waals surface area (Å²) in [7, 11) is 0. The van der Waals surface area contributed by atoms with Gasteiger partial charge >= 0.3 is 0 Å². The minimum Gasteiger partial charge on any atom is -0.455 e. The first-order valence-electron chi connectivity index (χ1n) is 18.7. The van der Waals surface area contributed by atoms with Gasteiger partial charge in [0.05, 0.1) is 0 Å². The zero-order chi connectivity index (χ0) is 37.0. The molecule has 0 atom stereocenters. The van der Waals surface area contributed by atoms with E-state index < -0.39 is 0 Å². The number of para-hydroxylation sites is 1. The topological polar surface area (TPSA) is 51.8 Å². The molecule has 0 aliphatic carbocycles. The highest BCUT2D eigenvalue weighted by Gasteiger charge is 2.19. The average molecular weight is 734 g/mol. The van der Waals surface area contributed by atoms with Crippen molar-refractivity contribution in [1.29, 1.82) is 0 Å². The molecule has 0 radical (unpaired) electrons. The number of hydrogen-bond donors (Lipinski definition) is 0. The number of nitrogens with zero attached hydrogens (tertiary/aromatic N) is 3. The maximum atomic E-state index is 6.63. The van der Waals surface area contributed by atoms with E-state index in [-0.39, 0.29) is 0 Å². The molecule has 0 saturated carbocycles. The summed E-state index contributed by atoms with van der Waals surface area (Å²) >= 11 is 1.79. The van der Waals surface area contributed by atoms with Crippen molar-refractivity contribution in [3.8, 4) is 67.5 Å². The predicted octanol–water partition coefficient (Wildman–Crippen LogP) is 14.1. The minimum atomic E-state index is 0.643. The summed E-state index contributed by atoms with van der Waals surface area (Å²) in [5.74, 6) is 1.94. The molecule has 0 saturated heterocycles. The molecule has 0 bridgehead atoms. The Balaban J connectivity index is 1.01. The van der Waals surface area contributed by atoms with Crippen LogP contribution in [0.1, 0.15) is 0 Å². The molecule has 0 spiro atoms. The molecule has 56 heavy (non-hydrogen) atoms. The molecule has 5 heteroatoms. The Morgan fingerprint density at radius 1 is 0.339 bits per heavy atom. The second-order valence-electron chi connectivity index (χ2n) is 14.0. The number of hydrogen-bond acceptors (Lipinski definition) is 5. The van der Waals surface area contributed by atoms with Crippen LogP contribution in [0.4, 0.5) is 0 Å². The molecular formula is C51H31N3OS. The lowest BCUT2D eigenvalue weighted by Gasteiger charge is -2.09. The van der Waals surface area contributed by atoms with E-state index in [1.165, 1.54) is 36.9 Å². The maximum Gasteiger partial charge on any atom is 0.164 e. The van der Waals surface area contributed by atoms with Gasteiger partial charge in [0.1, 0.15) is 11.2 Å². The molecule has 11 aromatic rings. The Labute approximate surface area is 327 Å². The Bertz CT molecular complexity index is 3230. The first kappa shape index (κ1) is 32.2. The van der Waals surface area contributed by atoms with Gasteiger partial charge in [-0.1, -0.05) is 164 Å². The predicted molar refractivity (Wildman–Crippen MR) is 233 cm³/mol. The SMILES string of the molecule is c1ccc(-c2ccc(-c3nc(-c4ccccc4)nc(-c4ccc5c(c4)sc4cc(-c6ccc(-c7ccccc7)c7c6oc6ccccc67)ccc45)n3)cc2)cc1. The zero-order valence-corrected chi connectivity index (χ0v) is 30.9. The second kappa shape index (κ2) is 13.3. The van der Waals surface area contributed by atoms with E-state index in [1.54, 1.807) is 11.3 Å². The van der Waals surface area contributed by atoms with Gasteiger partial charge in [-0.05, 0) is 52.1 Å². The smallest absolute Gasteiger partial charge is 0.164 e. The lowest BCUT2D eigenvalue weighted by molar-refractivity contribution is 0.670. The van der Waals surface area contributed by atoms with Gasteiger partial charge in [0.2, 0.25) is 0 Å². The van der Waals surface area contributed by atoms with Gasteiger partial charge in [-0.15, -0.1) is 11.3 Å². The van der Waals surface area contributed by atoms with Crippen LogP contribution in [-0.4, -0.2) is 15.0 Å². The summed E-state index contributed by atoms with van der Waals surface area (Å²) in [6, 6.07) is 65.6. The number of aromatic nitrogens is 3. The first-order valence-corrected chi connectivity index (χ1v) is 19.5. The van der Waals surface area contributed by atoms with Gasteiger partial charge < -0.3 is 4.42 Å². The first-order chi connectivity index (χ1) is 27.7. The Kier molecular flexibility index (Phi) is 7.64. The molecular weight excluding hydrogens is 703 g/mol. The summed E-state index contributed by atoms with van der Waals surface area (Å²) in [5.41, 5.74) is 11.5. The maximum absolute atomic E-state index is 6.63. The highest BCUT2D eigenvalue weighted by atomic mass is 32.1. The van der Waals surface area contributed by atoms with Crippen LogP contribution >= 0.6 is 11.3 Å². The van der Waals surface area contributed by atoms with Gasteiger partial charge in [-0.3, -0.25) is 0 Å². The summed E-state index contributed by atoms with van der Waals surface area (Å²) in [5, 5.41) is 4.70. The number of rotatable bonds is 6. The lowest BCUT2D eigenvalue weighted by Crippen LogP contribution is -2.00. The van der Waals surface area contributed by atoms with Crippen molar-refractivity contribution in [1.82, 2.24) is 15.0 Å². The molecule has 3 heterocycles. The largest absolute Gasteiger partial charge is 0.455 e. The average Bonchev–Trinajstić information content (AvgIpc) is 3.85. The molecule has 8 aromatic carbocycles. The third-order valence-corrected chi connectivity index (χ3v) is 11.7.